The Labute approximate surface area is 164 Å². The Balaban J connectivity index is 1.88. The fourth-order valence-corrected chi connectivity index (χ4v) is 6.50. The van der Waals surface area contributed by atoms with Crippen LogP contribution in [-0.4, -0.2) is 76.9 Å². The number of aromatic nitrogens is 2. The molecule has 2 fully saturated rings. The fourth-order valence-electron chi connectivity index (χ4n) is 4.08. The summed E-state index contributed by atoms with van der Waals surface area (Å²) in [5, 5.41) is 16.9. The predicted octanol–water partition coefficient (Wildman–Crippen LogP) is 1.27. The molecule has 2 atom stereocenters. The number of carbonyl (C=O) groups is 1. The van der Waals surface area contributed by atoms with E-state index in [4.69, 9.17) is 11.6 Å². The molecule has 0 saturated carbocycles. The molecule has 3 rings (SSSR count). The molecule has 2 saturated heterocycles. The van der Waals surface area contributed by atoms with E-state index in [-0.39, 0.29) is 22.1 Å². The van der Waals surface area contributed by atoms with Crippen LogP contribution in [0.3, 0.4) is 0 Å². The molecule has 0 bridgehead atoms. The third-order valence-electron chi connectivity index (χ3n) is 5.38. The molecule has 1 amide bonds. The molecule has 152 valence electrons. The van der Waals surface area contributed by atoms with E-state index in [2.05, 4.69) is 10.4 Å². The minimum Gasteiger partial charge on any atom is -0.465 e. The number of nitrogens with zero attached hydrogens (tertiary/aromatic N) is 4. The number of hydrogen-bond donors (Lipinski definition) is 2. The quantitative estimate of drug-likeness (QED) is 0.760. The van der Waals surface area contributed by atoms with Gasteiger partial charge in [0, 0.05) is 45.3 Å². The monoisotopic (exact) mass is 419 g/mol. The summed E-state index contributed by atoms with van der Waals surface area (Å²) in [6.07, 6.45) is 1.91. The lowest BCUT2D eigenvalue weighted by Gasteiger charge is -2.40. The minimum atomic E-state index is -3.81. The van der Waals surface area contributed by atoms with Crippen molar-refractivity contribution in [3.8, 4) is 0 Å². The molecule has 3 heterocycles. The Morgan fingerprint density at radius 3 is 2.70 bits per heavy atom. The van der Waals surface area contributed by atoms with Crippen LogP contribution in [0.1, 0.15) is 31.4 Å². The number of nitrogens with one attached hydrogen (secondary N) is 1. The molecule has 11 heteroatoms. The second-order valence-electron chi connectivity index (χ2n) is 7.16. The van der Waals surface area contributed by atoms with Gasteiger partial charge in [0.1, 0.15) is 10.0 Å². The van der Waals surface area contributed by atoms with Gasteiger partial charge in [-0.2, -0.15) is 9.40 Å². The van der Waals surface area contributed by atoms with Crippen LogP contribution in [0.25, 0.3) is 0 Å². The summed E-state index contributed by atoms with van der Waals surface area (Å²) in [6.45, 7) is 3.59. The van der Waals surface area contributed by atoms with Gasteiger partial charge in [0.15, 0.2) is 0 Å². The van der Waals surface area contributed by atoms with Crippen LogP contribution in [0.2, 0.25) is 5.15 Å². The summed E-state index contributed by atoms with van der Waals surface area (Å²) in [5.41, 5.74) is 0.373. The van der Waals surface area contributed by atoms with Gasteiger partial charge in [-0.15, -0.1) is 0 Å². The van der Waals surface area contributed by atoms with Crippen molar-refractivity contribution >= 4 is 27.7 Å². The van der Waals surface area contributed by atoms with Crippen LogP contribution in [0.15, 0.2) is 4.90 Å². The summed E-state index contributed by atoms with van der Waals surface area (Å²) >= 11 is 6.22. The summed E-state index contributed by atoms with van der Waals surface area (Å²) in [6, 6.07) is -0.506. The zero-order valence-electron chi connectivity index (χ0n) is 15.6. The normalized spacial score (nSPS) is 24.9. The Morgan fingerprint density at radius 1 is 1.33 bits per heavy atom. The van der Waals surface area contributed by atoms with Crippen molar-refractivity contribution in [2.45, 2.75) is 49.6 Å². The molecule has 0 aromatic carbocycles. The lowest BCUT2D eigenvalue weighted by molar-refractivity contribution is 0.0958. The van der Waals surface area contributed by atoms with E-state index < -0.39 is 16.1 Å². The summed E-state index contributed by atoms with van der Waals surface area (Å²) in [5.74, 6) is 0. The van der Waals surface area contributed by atoms with Gasteiger partial charge in [-0.1, -0.05) is 18.0 Å². The Bertz CT molecular complexity index is 812. The van der Waals surface area contributed by atoms with E-state index in [1.165, 1.54) is 13.9 Å². The van der Waals surface area contributed by atoms with Crippen LogP contribution < -0.4 is 5.32 Å². The van der Waals surface area contributed by atoms with E-state index in [1.54, 1.807) is 14.0 Å². The molecular weight excluding hydrogens is 394 g/mol. The highest BCUT2D eigenvalue weighted by molar-refractivity contribution is 7.89. The number of carboxylic acid groups (broad SMARTS) is 1. The van der Waals surface area contributed by atoms with Crippen molar-refractivity contribution < 1.29 is 18.3 Å². The van der Waals surface area contributed by atoms with Gasteiger partial charge in [0.05, 0.1) is 5.69 Å². The molecule has 9 nitrogen and oxygen atoms in total. The van der Waals surface area contributed by atoms with E-state index in [1.807, 2.05) is 0 Å². The van der Waals surface area contributed by atoms with E-state index in [9.17, 15) is 18.3 Å². The van der Waals surface area contributed by atoms with Gasteiger partial charge >= 0.3 is 6.09 Å². The van der Waals surface area contributed by atoms with Crippen LogP contribution in [0, 0.1) is 6.92 Å². The molecule has 2 unspecified atom stereocenters. The Morgan fingerprint density at radius 2 is 2.07 bits per heavy atom. The first kappa shape index (κ1) is 20.4. The maximum absolute atomic E-state index is 13.4. The number of sulfonamides is 1. The molecule has 1 aromatic rings. The van der Waals surface area contributed by atoms with Crippen molar-refractivity contribution in [2.75, 3.05) is 26.2 Å². The van der Waals surface area contributed by atoms with E-state index >= 15 is 0 Å². The number of hydrogen-bond acceptors (Lipinski definition) is 5. The summed E-state index contributed by atoms with van der Waals surface area (Å²) < 4.78 is 29.6. The Kier molecular flexibility index (Phi) is 5.99. The first-order valence-electron chi connectivity index (χ1n) is 9.14. The topological polar surface area (TPSA) is 108 Å². The highest BCUT2D eigenvalue weighted by atomic mass is 35.5. The maximum atomic E-state index is 13.4. The molecule has 27 heavy (non-hydrogen) atoms. The molecule has 1 aromatic heterocycles. The molecule has 0 radical (unpaired) electrons. The third kappa shape index (κ3) is 3.94. The lowest BCUT2D eigenvalue weighted by Crippen LogP contribution is -2.56. The van der Waals surface area contributed by atoms with Crippen molar-refractivity contribution in [1.29, 1.82) is 0 Å². The van der Waals surface area contributed by atoms with Gasteiger partial charge < -0.3 is 15.3 Å². The van der Waals surface area contributed by atoms with Crippen LogP contribution >= 0.6 is 11.6 Å². The zero-order chi connectivity index (χ0) is 19.8. The first-order chi connectivity index (χ1) is 12.7. The average molecular weight is 420 g/mol. The van der Waals surface area contributed by atoms with E-state index in [0.29, 0.717) is 44.7 Å². The number of piperazine rings is 1. The second kappa shape index (κ2) is 7.94. The molecular formula is C16H26ClN5O4S. The van der Waals surface area contributed by atoms with Gasteiger partial charge in [-0.25, -0.2) is 13.2 Å². The first-order valence-corrected chi connectivity index (χ1v) is 11.0. The van der Waals surface area contributed by atoms with Gasteiger partial charge in [-0.05, 0) is 26.2 Å². The zero-order valence-corrected chi connectivity index (χ0v) is 17.1. The van der Waals surface area contributed by atoms with Gasteiger partial charge in [-0.3, -0.25) is 4.68 Å². The highest BCUT2D eigenvalue weighted by Crippen LogP contribution is 2.33. The number of piperidine rings is 1. The van der Waals surface area contributed by atoms with Gasteiger partial charge in [0.2, 0.25) is 10.0 Å². The molecule has 0 spiro atoms. The van der Waals surface area contributed by atoms with Gasteiger partial charge in [0.25, 0.3) is 0 Å². The largest absolute Gasteiger partial charge is 0.465 e. The smallest absolute Gasteiger partial charge is 0.407 e. The minimum absolute atomic E-state index is 0.0513. The van der Waals surface area contributed by atoms with Crippen molar-refractivity contribution in [1.82, 2.24) is 24.3 Å². The number of rotatable bonds is 4. The van der Waals surface area contributed by atoms with Crippen LogP contribution in [0.4, 0.5) is 4.79 Å². The molecule has 0 aliphatic carbocycles. The average Bonchev–Trinajstić information content (AvgIpc) is 2.88. The van der Waals surface area contributed by atoms with E-state index in [0.717, 1.165) is 12.8 Å². The number of amides is 1. The molecule has 2 N–H and O–H groups in total. The third-order valence-corrected chi connectivity index (χ3v) is 8.03. The summed E-state index contributed by atoms with van der Waals surface area (Å²) in [7, 11) is -2.20. The van der Waals surface area contributed by atoms with Crippen molar-refractivity contribution in [3.05, 3.63) is 10.8 Å². The number of halogens is 1. The maximum Gasteiger partial charge on any atom is 0.407 e. The SMILES string of the molecule is Cc1nn(C)c(Cl)c1S(=O)(=O)N1CCCCC1CC1CNCCN1C(=O)O. The number of aryl methyl sites for hydroxylation is 2. The molecule has 2 aliphatic heterocycles. The van der Waals surface area contributed by atoms with Crippen molar-refractivity contribution in [2.24, 2.45) is 7.05 Å². The summed E-state index contributed by atoms with van der Waals surface area (Å²) in [4.78, 5) is 13.0. The predicted molar refractivity (Wildman–Crippen MR) is 100 cm³/mol. The Hall–Kier alpha value is -1.36. The fraction of sp³-hybridized carbons (Fsp3) is 0.750. The lowest BCUT2D eigenvalue weighted by atomic mass is 9.96. The van der Waals surface area contributed by atoms with Crippen LogP contribution in [-0.2, 0) is 17.1 Å². The molecule has 2 aliphatic rings. The highest BCUT2D eigenvalue weighted by Gasteiger charge is 2.39. The standard InChI is InChI=1S/C16H26ClN5O4S/c1-11-14(15(17)20(2)19-11)27(25,26)22-7-4-3-5-12(22)9-13-10-18-6-8-21(13)16(23)24/h12-13,18H,3-10H2,1-2H3,(H,23,24). The van der Waals surface area contributed by atoms with Crippen LogP contribution in [0.5, 0.6) is 0 Å². The second-order valence-corrected chi connectivity index (χ2v) is 9.35. The van der Waals surface area contributed by atoms with Crippen molar-refractivity contribution in [3.63, 3.8) is 0 Å².